The monoisotopic (exact) mass is 330 g/mol. The standard InChI is InChI=1S/C18H22N2O4/c1-13(2)24-15-3-4-16-14(11-15)5-6-20(18(16)22)12-17(21)19-7-9-23-10-8-19/h3-6,11,13H,7-10,12H2,1-2H3. The molecule has 24 heavy (non-hydrogen) atoms. The van der Waals surface area contributed by atoms with Crippen LogP contribution in [0.3, 0.4) is 0 Å². The van der Waals surface area contributed by atoms with Gasteiger partial charge in [0.1, 0.15) is 12.3 Å². The SMILES string of the molecule is CC(C)Oc1ccc2c(=O)n(CC(=O)N3CCOCC3)ccc2c1. The van der Waals surface area contributed by atoms with E-state index in [0.29, 0.717) is 31.7 Å². The summed E-state index contributed by atoms with van der Waals surface area (Å²) in [6.45, 7) is 6.24. The van der Waals surface area contributed by atoms with E-state index in [1.165, 1.54) is 4.57 Å². The Morgan fingerprint density at radius 3 is 2.71 bits per heavy atom. The fourth-order valence-electron chi connectivity index (χ4n) is 2.79. The first kappa shape index (κ1) is 16.5. The molecule has 0 atom stereocenters. The number of carbonyl (C=O) groups excluding carboxylic acids is 1. The first-order chi connectivity index (χ1) is 11.5. The maximum absolute atomic E-state index is 12.6. The molecule has 0 N–H and O–H groups in total. The van der Waals surface area contributed by atoms with Crippen LogP contribution in [0.5, 0.6) is 5.75 Å². The zero-order valence-corrected chi connectivity index (χ0v) is 14.0. The summed E-state index contributed by atoms with van der Waals surface area (Å²) in [5, 5.41) is 1.40. The van der Waals surface area contributed by atoms with Crippen LogP contribution in [-0.2, 0) is 16.1 Å². The van der Waals surface area contributed by atoms with Crippen LogP contribution in [0.2, 0.25) is 0 Å². The van der Waals surface area contributed by atoms with Gasteiger partial charge in [-0.2, -0.15) is 0 Å². The predicted octanol–water partition coefficient (Wildman–Crippen LogP) is 1.65. The van der Waals surface area contributed by atoms with Crippen molar-refractivity contribution in [3.8, 4) is 5.75 Å². The molecule has 0 radical (unpaired) electrons. The maximum atomic E-state index is 12.6. The molecule has 1 saturated heterocycles. The second kappa shape index (κ2) is 7.05. The van der Waals surface area contributed by atoms with Gasteiger partial charge < -0.3 is 18.9 Å². The Hall–Kier alpha value is -2.34. The van der Waals surface area contributed by atoms with E-state index in [1.54, 1.807) is 23.2 Å². The van der Waals surface area contributed by atoms with Crippen LogP contribution in [0.25, 0.3) is 10.8 Å². The van der Waals surface area contributed by atoms with E-state index in [0.717, 1.165) is 11.1 Å². The second-order valence-corrected chi connectivity index (χ2v) is 6.16. The van der Waals surface area contributed by atoms with Crippen LogP contribution in [0.4, 0.5) is 0 Å². The summed E-state index contributed by atoms with van der Waals surface area (Å²) < 4.78 is 12.4. The molecule has 2 heterocycles. The average molecular weight is 330 g/mol. The minimum atomic E-state index is -0.162. The summed E-state index contributed by atoms with van der Waals surface area (Å²) in [5.41, 5.74) is -0.162. The molecule has 3 rings (SSSR count). The zero-order valence-electron chi connectivity index (χ0n) is 14.0. The fourth-order valence-corrected chi connectivity index (χ4v) is 2.79. The van der Waals surface area contributed by atoms with E-state index >= 15 is 0 Å². The van der Waals surface area contributed by atoms with Crippen molar-refractivity contribution in [2.45, 2.75) is 26.5 Å². The van der Waals surface area contributed by atoms with Crippen LogP contribution in [-0.4, -0.2) is 47.8 Å². The minimum absolute atomic E-state index is 0.0546. The molecule has 6 nitrogen and oxygen atoms in total. The van der Waals surface area contributed by atoms with E-state index < -0.39 is 0 Å². The number of aromatic nitrogens is 1. The van der Waals surface area contributed by atoms with Crippen molar-refractivity contribution in [2.24, 2.45) is 0 Å². The van der Waals surface area contributed by atoms with Gasteiger partial charge in [0.2, 0.25) is 5.91 Å². The molecule has 2 aromatic rings. The third-order valence-corrected chi connectivity index (χ3v) is 3.99. The molecule has 0 unspecified atom stereocenters. The van der Waals surface area contributed by atoms with Crippen molar-refractivity contribution in [2.75, 3.05) is 26.3 Å². The Morgan fingerprint density at radius 2 is 2.00 bits per heavy atom. The average Bonchev–Trinajstić information content (AvgIpc) is 2.57. The summed E-state index contributed by atoms with van der Waals surface area (Å²) in [5.74, 6) is 0.679. The number of nitrogens with zero attached hydrogens (tertiary/aromatic N) is 2. The molecule has 0 bridgehead atoms. The van der Waals surface area contributed by atoms with E-state index in [-0.39, 0.29) is 24.1 Å². The van der Waals surface area contributed by atoms with Crippen LogP contribution >= 0.6 is 0 Å². The highest BCUT2D eigenvalue weighted by molar-refractivity contribution is 5.83. The van der Waals surface area contributed by atoms with Gasteiger partial charge in [0, 0.05) is 24.7 Å². The third kappa shape index (κ3) is 3.59. The number of hydrogen-bond donors (Lipinski definition) is 0. The van der Waals surface area contributed by atoms with Gasteiger partial charge in [0.15, 0.2) is 0 Å². The molecule has 6 heteroatoms. The molecule has 1 fully saturated rings. The number of amides is 1. The largest absolute Gasteiger partial charge is 0.491 e. The van der Waals surface area contributed by atoms with Crippen molar-refractivity contribution in [1.29, 1.82) is 0 Å². The number of fused-ring (bicyclic) bond motifs is 1. The van der Waals surface area contributed by atoms with Crippen molar-refractivity contribution >= 4 is 16.7 Å². The van der Waals surface area contributed by atoms with Gasteiger partial charge in [-0.15, -0.1) is 0 Å². The van der Waals surface area contributed by atoms with Gasteiger partial charge in [-0.25, -0.2) is 0 Å². The summed E-state index contributed by atoms with van der Waals surface area (Å²) in [4.78, 5) is 26.7. The van der Waals surface area contributed by atoms with Gasteiger partial charge in [0.05, 0.1) is 19.3 Å². The lowest BCUT2D eigenvalue weighted by molar-refractivity contribution is -0.135. The number of benzene rings is 1. The molecule has 1 aromatic heterocycles. The predicted molar refractivity (Wildman–Crippen MR) is 91.4 cm³/mol. The third-order valence-electron chi connectivity index (χ3n) is 3.99. The lowest BCUT2D eigenvalue weighted by atomic mass is 10.1. The number of hydrogen-bond acceptors (Lipinski definition) is 4. The summed E-state index contributed by atoms with van der Waals surface area (Å²) in [7, 11) is 0. The smallest absolute Gasteiger partial charge is 0.258 e. The highest BCUT2D eigenvalue weighted by Crippen LogP contribution is 2.19. The fraction of sp³-hybridized carbons (Fsp3) is 0.444. The molecule has 1 aliphatic heterocycles. The van der Waals surface area contributed by atoms with Crippen molar-refractivity contribution in [3.63, 3.8) is 0 Å². The molecule has 0 saturated carbocycles. The Morgan fingerprint density at radius 1 is 1.25 bits per heavy atom. The Kier molecular flexibility index (Phi) is 4.85. The summed E-state index contributed by atoms with van der Waals surface area (Å²) in [6.07, 6.45) is 1.75. The lowest BCUT2D eigenvalue weighted by Gasteiger charge is -2.27. The molecule has 128 valence electrons. The number of pyridine rings is 1. The highest BCUT2D eigenvalue weighted by Gasteiger charge is 2.17. The van der Waals surface area contributed by atoms with Crippen LogP contribution in [0, 0.1) is 0 Å². The highest BCUT2D eigenvalue weighted by atomic mass is 16.5. The maximum Gasteiger partial charge on any atom is 0.258 e. The Labute approximate surface area is 140 Å². The van der Waals surface area contributed by atoms with Gasteiger partial charge in [-0.05, 0) is 43.5 Å². The molecule has 0 spiro atoms. The van der Waals surface area contributed by atoms with Gasteiger partial charge in [0.25, 0.3) is 5.56 Å². The molecular weight excluding hydrogens is 308 g/mol. The number of carbonyl (C=O) groups is 1. The van der Waals surface area contributed by atoms with Crippen molar-refractivity contribution in [3.05, 3.63) is 40.8 Å². The lowest BCUT2D eigenvalue weighted by Crippen LogP contribution is -2.43. The molecular formula is C18H22N2O4. The number of ether oxygens (including phenoxy) is 2. The number of rotatable bonds is 4. The van der Waals surface area contributed by atoms with E-state index in [1.807, 2.05) is 26.0 Å². The topological polar surface area (TPSA) is 60.8 Å². The van der Waals surface area contributed by atoms with Gasteiger partial charge in [-0.1, -0.05) is 0 Å². The van der Waals surface area contributed by atoms with E-state index in [2.05, 4.69) is 0 Å². The van der Waals surface area contributed by atoms with Crippen LogP contribution < -0.4 is 10.3 Å². The number of morpholine rings is 1. The Balaban J connectivity index is 1.83. The van der Waals surface area contributed by atoms with Crippen LogP contribution in [0.1, 0.15) is 13.8 Å². The van der Waals surface area contributed by atoms with Gasteiger partial charge in [-0.3, -0.25) is 9.59 Å². The first-order valence-electron chi connectivity index (χ1n) is 8.20. The molecule has 1 aliphatic rings. The molecule has 1 aromatic carbocycles. The van der Waals surface area contributed by atoms with E-state index in [4.69, 9.17) is 9.47 Å². The van der Waals surface area contributed by atoms with Crippen molar-refractivity contribution < 1.29 is 14.3 Å². The van der Waals surface area contributed by atoms with Crippen LogP contribution in [0.15, 0.2) is 35.3 Å². The Bertz CT molecular complexity index is 791. The van der Waals surface area contributed by atoms with E-state index in [9.17, 15) is 9.59 Å². The minimum Gasteiger partial charge on any atom is -0.491 e. The normalized spacial score (nSPS) is 15.0. The van der Waals surface area contributed by atoms with Gasteiger partial charge >= 0.3 is 0 Å². The molecule has 0 aliphatic carbocycles. The second-order valence-electron chi connectivity index (χ2n) is 6.16. The zero-order chi connectivity index (χ0) is 17.1. The quantitative estimate of drug-likeness (QED) is 0.855. The first-order valence-corrected chi connectivity index (χ1v) is 8.20. The van der Waals surface area contributed by atoms with Crippen molar-refractivity contribution in [1.82, 2.24) is 9.47 Å². The summed E-state index contributed by atoms with van der Waals surface area (Å²) >= 11 is 0. The molecule has 1 amide bonds. The summed E-state index contributed by atoms with van der Waals surface area (Å²) in [6, 6.07) is 7.24.